The van der Waals surface area contributed by atoms with E-state index in [0.717, 1.165) is 88.2 Å². The first-order valence-corrected chi connectivity index (χ1v) is 27.1. The fourth-order valence-electron chi connectivity index (χ4n) is 10.8. The summed E-state index contributed by atoms with van der Waals surface area (Å²) in [7, 11) is 2.25. The van der Waals surface area contributed by atoms with Gasteiger partial charge in [-0.15, -0.1) is 0 Å². The van der Waals surface area contributed by atoms with Crippen molar-refractivity contribution in [2.75, 3.05) is 65.2 Å². The number of nitrogens with one attached hydrogen (secondary N) is 2. The smallest absolute Gasteiger partial charge is 0.407 e. The molecule has 4 aliphatic rings. The number of pyridine rings is 1. The molecule has 0 spiro atoms. The van der Waals surface area contributed by atoms with Crippen LogP contribution in [-0.4, -0.2) is 150 Å². The van der Waals surface area contributed by atoms with Crippen molar-refractivity contribution in [2.45, 2.75) is 128 Å². The number of fused-ring (bicyclic) bond motifs is 2. The van der Waals surface area contributed by atoms with Gasteiger partial charge in [-0.1, -0.05) is 69.0 Å². The molecule has 2 amide bonds. The summed E-state index contributed by atoms with van der Waals surface area (Å²) >= 11 is 0. The van der Waals surface area contributed by atoms with Gasteiger partial charge in [0.1, 0.15) is 11.9 Å². The van der Waals surface area contributed by atoms with Crippen molar-refractivity contribution in [3.8, 4) is 23.0 Å². The first kappa shape index (κ1) is 57.8. The van der Waals surface area contributed by atoms with Crippen LogP contribution in [0.25, 0.3) is 11.1 Å². The molecule has 3 aliphatic heterocycles. The van der Waals surface area contributed by atoms with Crippen LogP contribution in [0, 0.1) is 34.5 Å². The number of methoxy groups -OCH3 is 2. The number of anilines is 1. The summed E-state index contributed by atoms with van der Waals surface area (Å²) in [6, 6.07) is 19.1. The molecule has 2 aromatic carbocycles. The Morgan fingerprint density at radius 1 is 0.808 bits per heavy atom. The van der Waals surface area contributed by atoms with Crippen LogP contribution < -0.4 is 15.5 Å². The summed E-state index contributed by atoms with van der Waals surface area (Å²) < 4.78 is 61.0. The van der Waals surface area contributed by atoms with Crippen molar-refractivity contribution < 1.29 is 51.7 Å². The number of hydrogen-bond donors (Lipinski definition) is 3. The van der Waals surface area contributed by atoms with E-state index in [4.69, 9.17) is 14.5 Å². The first-order chi connectivity index (χ1) is 37.1. The second kappa shape index (κ2) is 24.8. The molecule has 78 heavy (non-hydrogen) atoms. The van der Waals surface area contributed by atoms with Crippen LogP contribution in [0.15, 0.2) is 79.3 Å². The molecule has 1 saturated carbocycles. The molecule has 4 fully saturated rings. The number of rotatable bonds is 22. The second-order valence-corrected chi connectivity index (χ2v) is 23.1. The second-order valence-electron chi connectivity index (χ2n) is 23.1. The van der Waals surface area contributed by atoms with E-state index < -0.39 is 71.2 Å². The van der Waals surface area contributed by atoms with E-state index >= 15 is 0 Å². The molecule has 420 valence electrons. The molecule has 0 radical (unpaired) electrons. The maximum atomic E-state index is 14.6. The van der Waals surface area contributed by atoms with Crippen molar-refractivity contribution in [2.24, 2.45) is 22.7 Å². The van der Waals surface area contributed by atoms with Gasteiger partial charge in [0.2, 0.25) is 5.91 Å². The number of alkyl halides is 3. The number of amides is 2. The molecule has 5 heterocycles. The molecule has 6 atom stereocenters. The number of alkyl carbamates (subject to hydrolysis) is 1. The van der Waals surface area contributed by atoms with Crippen LogP contribution in [-0.2, 0) is 41.4 Å². The number of esters is 1. The molecule has 2 unspecified atom stereocenters. The van der Waals surface area contributed by atoms with E-state index in [2.05, 4.69) is 42.1 Å². The van der Waals surface area contributed by atoms with Crippen molar-refractivity contribution >= 4 is 29.6 Å². The van der Waals surface area contributed by atoms with E-state index in [1.807, 2.05) is 79.1 Å². The molecular weight excluding hydrogens is 1010 g/mol. The van der Waals surface area contributed by atoms with Gasteiger partial charge in [0.05, 0.1) is 76.2 Å². The van der Waals surface area contributed by atoms with Gasteiger partial charge in [0.15, 0.2) is 5.78 Å². The maximum Gasteiger partial charge on any atom is 0.407 e. The molecule has 3 N–H and O–H groups in total. The molecule has 8 rings (SSSR count). The van der Waals surface area contributed by atoms with Crippen LogP contribution in [0.5, 0.6) is 0 Å². The van der Waals surface area contributed by atoms with Crippen LogP contribution in [0.1, 0.15) is 101 Å². The average Bonchev–Trinajstić information content (AvgIpc) is 4.10. The normalized spacial score (nSPS) is 19.5. The molecule has 1 aliphatic carbocycles. The predicted molar refractivity (Wildman–Crippen MR) is 288 cm³/mol. The van der Waals surface area contributed by atoms with Gasteiger partial charge in [-0.05, 0) is 105 Å². The van der Waals surface area contributed by atoms with E-state index in [0.29, 0.717) is 48.3 Å². The van der Waals surface area contributed by atoms with E-state index in [-0.39, 0.29) is 26.1 Å². The minimum Gasteiger partial charge on any atom is -0.469 e. The number of ether oxygens (including phenoxy) is 3. The van der Waals surface area contributed by atoms with Crippen LogP contribution in [0.3, 0.4) is 0 Å². The number of carbonyl (C=O) groups excluding carboxylic acids is 4. The number of aliphatic hydroxyl groups excluding tert-OH is 1. The lowest BCUT2D eigenvalue weighted by atomic mass is 9.77. The number of carbonyl (C=O) groups is 4. The Morgan fingerprint density at radius 2 is 1.45 bits per heavy atom. The first-order valence-electron chi connectivity index (χ1n) is 27.1. The molecule has 4 aromatic rings. The van der Waals surface area contributed by atoms with Crippen molar-refractivity contribution in [1.29, 1.82) is 0 Å². The van der Waals surface area contributed by atoms with Crippen LogP contribution in [0.4, 0.5) is 23.8 Å². The predicted octanol–water partition coefficient (Wildman–Crippen LogP) is 7.37. The Balaban J connectivity index is 1.00. The summed E-state index contributed by atoms with van der Waals surface area (Å²) in [6.07, 6.45) is 2.59. The Bertz CT molecular complexity index is 2750. The Labute approximate surface area is 455 Å². The largest absolute Gasteiger partial charge is 0.469 e. The van der Waals surface area contributed by atoms with Crippen molar-refractivity contribution in [3.63, 3.8) is 0 Å². The summed E-state index contributed by atoms with van der Waals surface area (Å²) in [6.45, 7) is 10.8. The van der Waals surface area contributed by atoms with Crippen LogP contribution in [0.2, 0.25) is 0 Å². The average molecular weight is 1080 g/mol. The third-order valence-corrected chi connectivity index (χ3v) is 16.1. The Hall–Kier alpha value is -6.33. The number of hydrogen-bond acceptors (Lipinski definition) is 13. The van der Waals surface area contributed by atoms with Crippen molar-refractivity contribution in [3.05, 3.63) is 102 Å². The third kappa shape index (κ3) is 14.5. The van der Waals surface area contributed by atoms with E-state index in [1.165, 1.54) is 20.0 Å². The highest BCUT2D eigenvalue weighted by Crippen LogP contribution is 2.42. The van der Waals surface area contributed by atoms with Gasteiger partial charge in [0, 0.05) is 73.8 Å². The van der Waals surface area contributed by atoms with Gasteiger partial charge in [-0.25, -0.2) is 9.78 Å². The highest BCUT2D eigenvalue weighted by molar-refractivity contribution is 5.88. The maximum absolute atomic E-state index is 14.6. The summed E-state index contributed by atoms with van der Waals surface area (Å²) in [5.41, 5.74) is 1.70. The zero-order valence-electron chi connectivity index (χ0n) is 45.9. The number of benzene rings is 2. The topological polar surface area (TPSA) is 181 Å². The monoisotopic (exact) mass is 1080 g/mol. The van der Waals surface area contributed by atoms with Gasteiger partial charge in [-0.2, -0.15) is 18.3 Å². The quantitative estimate of drug-likeness (QED) is 0.0404. The number of nitrogens with zero attached hydrogens (tertiary/aromatic N) is 6. The molecule has 2 bridgehead atoms. The number of halogens is 3. The van der Waals surface area contributed by atoms with E-state index in [9.17, 15) is 37.5 Å². The van der Waals surface area contributed by atoms with Crippen molar-refractivity contribution in [1.82, 2.24) is 35.2 Å². The molecular formula is C59H75F3N8O8. The Morgan fingerprint density at radius 3 is 2.03 bits per heavy atom. The fourth-order valence-corrected chi connectivity index (χ4v) is 10.8. The summed E-state index contributed by atoms with van der Waals surface area (Å²) in [4.78, 5) is 64.7. The fraction of sp³-hybridized carbons (Fsp3) is 0.559. The number of piperazine rings is 1. The molecule has 3 saturated heterocycles. The minimum atomic E-state index is -4.91. The zero-order chi connectivity index (χ0) is 55.9. The zero-order valence-corrected chi connectivity index (χ0v) is 45.9. The van der Waals surface area contributed by atoms with Gasteiger partial charge >= 0.3 is 18.2 Å². The number of aliphatic hydroxyl groups is 1. The lowest BCUT2D eigenvalue weighted by Gasteiger charge is -2.47. The highest BCUT2D eigenvalue weighted by Gasteiger charge is 2.55. The van der Waals surface area contributed by atoms with Gasteiger partial charge < -0.3 is 34.9 Å². The number of Topliss-reactive ketones (excluding diaryl/α,β-unsaturated/α-hetero) is 1. The van der Waals surface area contributed by atoms with Gasteiger partial charge in [0.25, 0.3) is 0 Å². The summed E-state index contributed by atoms with van der Waals surface area (Å²) in [5, 5.41) is 21.9. The van der Waals surface area contributed by atoms with E-state index in [1.54, 1.807) is 30.5 Å². The number of ketones is 1. The Kier molecular flexibility index (Phi) is 18.4. The van der Waals surface area contributed by atoms with Crippen LogP contribution >= 0.6 is 0 Å². The third-order valence-electron chi connectivity index (χ3n) is 16.1. The standard InChI is InChI=1S/C59H75F3N8O8/c1-57(2,3)49(28-53(73)76-6)55(74)64-37-67(25-24-39-14-17-42(18-15-39)44-30-65-69(31-44)45-19-20-45)34-51(72)43(27-50(71)54(66-56(75)77-7)58(4,5)59(60,61)62)26-40-11-8-38(9-12-40)10-13-41-16-23-52(63-29-41)68-32-46-21-22-47(33-68)70(46)48-35-78-36-48/h8-9,11-12,14-18,23,29-31,43,45-49,51,54,72H,19-22,24-28,32-37H2,1-7H3,(H,64,74)(H,66,75)/t43-,46?,47?,49-,51+,54-/m1/s1. The highest BCUT2D eigenvalue weighted by atomic mass is 19.4. The summed E-state index contributed by atoms with van der Waals surface area (Å²) in [5.74, 6) is 3.66. The number of aromatic nitrogens is 3. The molecule has 2 aromatic heterocycles. The molecule has 19 heteroatoms. The lowest BCUT2D eigenvalue weighted by molar-refractivity contribution is -0.220. The van der Waals surface area contributed by atoms with Gasteiger partial charge in [-0.3, -0.25) is 28.9 Å². The minimum absolute atomic E-state index is 0.0536. The molecule has 16 nitrogen and oxygen atoms in total. The SMILES string of the molecule is COC(=O)C[C@H](C(=O)NCN(CCc1ccc(-c2cnn(C3CC3)c2)cc1)C[C@H](O)[C@@H](CC(=O)[C@@H](NC(=O)OC)C(C)(C)C(F)(F)F)Cc1ccc(C#Cc2ccc(N3CC4CCC(C3)N4C3COC3)nc2)cc1)C(C)(C)C. The lowest BCUT2D eigenvalue weighted by Crippen LogP contribution is -2.62.